The maximum atomic E-state index is 12.3. The van der Waals surface area contributed by atoms with Crippen LogP contribution in [0.2, 0.25) is 5.02 Å². The van der Waals surface area contributed by atoms with Crippen LogP contribution in [-0.4, -0.2) is 17.8 Å². The van der Waals surface area contributed by atoms with Gasteiger partial charge in [0.1, 0.15) is 0 Å². The number of alkyl halides is 1. The maximum Gasteiger partial charge on any atom is 0.251 e. The average Bonchev–Trinajstić information content (AvgIpc) is 2.50. The molecule has 2 nitrogen and oxygen atoms in total. The van der Waals surface area contributed by atoms with E-state index in [1.807, 2.05) is 43.3 Å². The summed E-state index contributed by atoms with van der Waals surface area (Å²) in [4.78, 5) is 12.3. The first-order valence-corrected chi connectivity index (χ1v) is 7.68. The fourth-order valence-corrected chi connectivity index (χ4v) is 2.50. The minimum Gasteiger partial charge on any atom is -0.348 e. The van der Waals surface area contributed by atoms with Crippen LogP contribution in [-0.2, 0) is 6.42 Å². The second-order valence-electron chi connectivity index (χ2n) is 4.97. The molecule has 0 aliphatic carbocycles. The van der Waals surface area contributed by atoms with Gasteiger partial charge in [0.2, 0.25) is 0 Å². The van der Waals surface area contributed by atoms with Crippen molar-refractivity contribution in [2.45, 2.75) is 19.4 Å². The number of benzene rings is 2. The molecule has 0 radical (unpaired) electrons. The van der Waals surface area contributed by atoms with Crippen LogP contribution >= 0.6 is 23.2 Å². The Morgan fingerprint density at radius 2 is 1.90 bits per heavy atom. The van der Waals surface area contributed by atoms with Gasteiger partial charge in [-0.3, -0.25) is 4.79 Å². The number of hydrogen-bond acceptors (Lipinski definition) is 1. The summed E-state index contributed by atoms with van der Waals surface area (Å²) in [5.41, 5.74) is 2.63. The third-order valence-corrected chi connectivity index (χ3v) is 3.90. The van der Waals surface area contributed by atoms with Crippen molar-refractivity contribution in [3.8, 4) is 0 Å². The fraction of sp³-hybridized carbons (Fsp3) is 0.235. The lowest BCUT2D eigenvalue weighted by molar-refractivity contribution is 0.0940. The molecule has 0 aliphatic rings. The van der Waals surface area contributed by atoms with Crippen LogP contribution in [0.15, 0.2) is 48.5 Å². The number of nitrogens with one attached hydrogen (secondary N) is 1. The summed E-state index contributed by atoms with van der Waals surface area (Å²) >= 11 is 11.9. The first-order chi connectivity index (χ1) is 10.1. The molecule has 1 N–H and O–H groups in total. The molecule has 2 aromatic rings. The van der Waals surface area contributed by atoms with Crippen molar-refractivity contribution in [2.24, 2.45) is 0 Å². The minimum absolute atomic E-state index is 0.111. The summed E-state index contributed by atoms with van der Waals surface area (Å²) < 4.78 is 0. The van der Waals surface area contributed by atoms with Gasteiger partial charge in [0, 0.05) is 22.5 Å². The molecule has 2 rings (SSSR count). The Balaban J connectivity index is 2.07. The van der Waals surface area contributed by atoms with E-state index in [-0.39, 0.29) is 11.9 Å². The van der Waals surface area contributed by atoms with Crippen LogP contribution in [0.25, 0.3) is 0 Å². The van der Waals surface area contributed by atoms with Gasteiger partial charge in [0.15, 0.2) is 0 Å². The zero-order valence-corrected chi connectivity index (χ0v) is 13.3. The van der Waals surface area contributed by atoms with Gasteiger partial charge >= 0.3 is 0 Å². The van der Waals surface area contributed by atoms with E-state index in [0.717, 1.165) is 11.1 Å². The van der Waals surface area contributed by atoms with Crippen LogP contribution in [0.3, 0.4) is 0 Å². The van der Waals surface area contributed by atoms with Crippen molar-refractivity contribution in [3.05, 3.63) is 70.2 Å². The largest absolute Gasteiger partial charge is 0.348 e. The van der Waals surface area contributed by atoms with Gasteiger partial charge in [-0.15, -0.1) is 11.6 Å². The van der Waals surface area contributed by atoms with Crippen LogP contribution in [0.4, 0.5) is 0 Å². The summed E-state index contributed by atoms with van der Waals surface area (Å²) in [5.74, 6) is 0.219. The lowest BCUT2D eigenvalue weighted by Gasteiger charge is -2.17. The summed E-state index contributed by atoms with van der Waals surface area (Å²) in [6, 6.07) is 15.1. The van der Waals surface area contributed by atoms with E-state index in [9.17, 15) is 4.79 Å². The van der Waals surface area contributed by atoms with Crippen LogP contribution < -0.4 is 5.32 Å². The van der Waals surface area contributed by atoms with Gasteiger partial charge in [0.05, 0.1) is 0 Å². The summed E-state index contributed by atoms with van der Waals surface area (Å²) in [6.07, 6.45) is 0.704. The second kappa shape index (κ2) is 7.48. The van der Waals surface area contributed by atoms with Crippen molar-refractivity contribution in [3.63, 3.8) is 0 Å². The van der Waals surface area contributed by atoms with Gasteiger partial charge in [-0.1, -0.05) is 48.0 Å². The Kier molecular flexibility index (Phi) is 5.66. The maximum absolute atomic E-state index is 12.3. The quantitative estimate of drug-likeness (QED) is 0.820. The number of hydrogen-bond donors (Lipinski definition) is 1. The van der Waals surface area contributed by atoms with Crippen molar-refractivity contribution in [1.82, 2.24) is 5.32 Å². The molecule has 0 aromatic heterocycles. The van der Waals surface area contributed by atoms with Gasteiger partial charge in [-0.25, -0.2) is 0 Å². The molecule has 0 aliphatic heterocycles. The third kappa shape index (κ3) is 4.48. The van der Waals surface area contributed by atoms with Gasteiger partial charge in [0.25, 0.3) is 5.91 Å². The van der Waals surface area contributed by atoms with E-state index in [1.165, 1.54) is 0 Å². The zero-order chi connectivity index (χ0) is 15.2. The smallest absolute Gasteiger partial charge is 0.251 e. The third-order valence-electron chi connectivity index (χ3n) is 3.29. The number of halogens is 2. The highest BCUT2D eigenvalue weighted by molar-refractivity contribution is 6.31. The number of rotatable bonds is 5. The van der Waals surface area contributed by atoms with E-state index in [4.69, 9.17) is 23.2 Å². The van der Waals surface area contributed by atoms with Crippen LogP contribution in [0.5, 0.6) is 0 Å². The molecule has 0 fully saturated rings. The molecule has 110 valence electrons. The highest BCUT2D eigenvalue weighted by Crippen LogP contribution is 2.16. The second-order valence-corrected chi connectivity index (χ2v) is 5.72. The number of carbonyl (C=O) groups excluding carboxylic acids is 1. The molecule has 0 saturated heterocycles. The highest BCUT2D eigenvalue weighted by Gasteiger charge is 2.15. The molecule has 0 bridgehead atoms. The Bertz CT molecular complexity index is 613. The molecular formula is C17H17Cl2NO. The minimum atomic E-state index is -0.142. The predicted molar refractivity (Wildman–Crippen MR) is 88.3 cm³/mol. The summed E-state index contributed by atoms with van der Waals surface area (Å²) in [5, 5.41) is 3.52. The molecule has 1 amide bonds. The topological polar surface area (TPSA) is 29.1 Å². The lowest BCUT2D eigenvalue weighted by Crippen LogP contribution is -2.38. The lowest BCUT2D eigenvalue weighted by atomic mass is 10.1. The molecule has 4 heteroatoms. The number of aryl methyl sites for hydroxylation is 1. The van der Waals surface area contributed by atoms with Crippen molar-refractivity contribution in [1.29, 1.82) is 0 Å². The van der Waals surface area contributed by atoms with Crippen molar-refractivity contribution < 1.29 is 4.79 Å². The molecule has 2 aromatic carbocycles. The van der Waals surface area contributed by atoms with Crippen molar-refractivity contribution in [2.75, 3.05) is 5.88 Å². The monoisotopic (exact) mass is 321 g/mol. The van der Waals surface area contributed by atoms with Crippen LogP contribution in [0.1, 0.15) is 21.5 Å². The normalized spacial score (nSPS) is 12.0. The Hall–Kier alpha value is -1.51. The number of amides is 1. The first kappa shape index (κ1) is 15.9. The summed E-state index contributed by atoms with van der Waals surface area (Å²) in [7, 11) is 0. The van der Waals surface area contributed by atoms with Crippen molar-refractivity contribution >= 4 is 29.1 Å². The molecule has 0 saturated carbocycles. The average molecular weight is 322 g/mol. The molecule has 0 heterocycles. The molecule has 21 heavy (non-hydrogen) atoms. The number of carbonyl (C=O) groups is 1. The van der Waals surface area contributed by atoms with Gasteiger partial charge in [-0.05, 0) is 36.6 Å². The van der Waals surface area contributed by atoms with E-state index in [2.05, 4.69) is 5.32 Å². The first-order valence-electron chi connectivity index (χ1n) is 6.77. The Labute approximate surface area is 135 Å². The Morgan fingerprint density at radius 3 is 2.57 bits per heavy atom. The van der Waals surface area contributed by atoms with Gasteiger partial charge in [-0.2, -0.15) is 0 Å². The van der Waals surface area contributed by atoms with E-state index in [1.54, 1.807) is 12.1 Å². The highest BCUT2D eigenvalue weighted by atomic mass is 35.5. The molecular weight excluding hydrogens is 305 g/mol. The van der Waals surface area contributed by atoms with Crippen LogP contribution in [0, 0.1) is 6.92 Å². The summed E-state index contributed by atoms with van der Waals surface area (Å²) in [6.45, 7) is 1.89. The standard InChI is InChI=1S/C17H17Cl2NO/c1-12-7-8-14(19)10-16(12)17(21)20-15(11-18)9-13-5-3-2-4-6-13/h2-8,10,15H,9,11H2,1H3,(H,20,21). The molecule has 0 spiro atoms. The zero-order valence-electron chi connectivity index (χ0n) is 11.8. The fourth-order valence-electron chi connectivity index (χ4n) is 2.14. The van der Waals surface area contributed by atoms with E-state index < -0.39 is 0 Å². The van der Waals surface area contributed by atoms with Gasteiger partial charge < -0.3 is 5.32 Å². The van der Waals surface area contributed by atoms with E-state index in [0.29, 0.717) is 22.9 Å². The molecule has 1 unspecified atom stereocenters. The van der Waals surface area contributed by atoms with E-state index >= 15 is 0 Å². The molecule has 1 atom stereocenters. The predicted octanol–water partition coefficient (Wildman–Crippen LogP) is 4.23. The Morgan fingerprint density at radius 1 is 1.19 bits per heavy atom. The SMILES string of the molecule is Cc1ccc(Cl)cc1C(=O)NC(CCl)Cc1ccccc1.